The highest BCUT2D eigenvalue weighted by Crippen LogP contribution is 2.19. The Labute approximate surface area is 146 Å². The number of hydrogen-bond acceptors (Lipinski definition) is 5. The second kappa shape index (κ2) is 7.53. The molecule has 0 radical (unpaired) electrons. The first kappa shape index (κ1) is 17.2. The van der Waals surface area contributed by atoms with Crippen LogP contribution in [0, 0.1) is 19.7 Å². The molecule has 6 heteroatoms. The van der Waals surface area contributed by atoms with Gasteiger partial charge in [-0.2, -0.15) is 0 Å². The third-order valence-corrected chi connectivity index (χ3v) is 4.08. The van der Waals surface area contributed by atoms with Crippen molar-refractivity contribution < 1.29 is 8.81 Å². The molecule has 2 heterocycles. The minimum Gasteiger partial charge on any atom is -0.444 e. The lowest BCUT2D eigenvalue weighted by Gasteiger charge is -2.15. The van der Waals surface area contributed by atoms with Gasteiger partial charge in [0.2, 0.25) is 5.89 Å². The summed E-state index contributed by atoms with van der Waals surface area (Å²) in [6.45, 7) is 6.73. The van der Waals surface area contributed by atoms with Gasteiger partial charge in [-0.15, -0.1) is 0 Å². The largest absolute Gasteiger partial charge is 0.444 e. The van der Waals surface area contributed by atoms with Crippen molar-refractivity contribution in [1.82, 2.24) is 20.3 Å². The van der Waals surface area contributed by atoms with E-state index in [1.807, 2.05) is 20.0 Å². The van der Waals surface area contributed by atoms with E-state index in [4.69, 9.17) is 4.42 Å². The minimum atomic E-state index is -0.274. The lowest BCUT2D eigenvalue weighted by molar-refractivity contribution is 0.558. The fourth-order valence-electron chi connectivity index (χ4n) is 2.69. The van der Waals surface area contributed by atoms with Gasteiger partial charge >= 0.3 is 0 Å². The predicted octanol–water partition coefficient (Wildman–Crippen LogP) is 3.78. The Kier molecular flexibility index (Phi) is 5.19. The summed E-state index contributed by atoms with van der Waals surface area (Å²) in [5, 5.41) is 3.45. The molecular formula is C19H21FN4O. The van der Waals surface area contributed by atoms with Crippen LogP contribution in [0.5, 0.6) is 0 Å². The normalized spacial score (nSPS) is 12.3. The lowest BCUT2D eigenvalue weighted by Crippen LogP contribution is -2.22. The van der Waals surface area contributed by atoms with Crippen LogP contribution in [0.25, 0.3) is 11.5 Å². The van der Waals surface area contributed by atoms with Gasteiger partial charge in [0.25, 0.3) is 0 Å². The molecular weight excluding hydrogens is 319 g/mol. The second-order valence-corrected chi connectivity index (χ2v) is 6.03. The molecule has 3 aromatic rings. The molecule has 0 unspecified atom stereocenters. The third-order valence-electron chi connectivity index (χ3n) is 4.08. The van der Waals surface area contributed by atoms with E-state index in [0.717, 1.165) is 41.3 Å². The molecule has 0 aliphatic heterocycles. The molecule has 1 N–H and O–H groups in total. The Morgan fingerprint density at radius 1 is 1.16 bits per heavy atom. The van der Waals surface area contributed by atoms with E-state index in [1.165, 1.54) is 12.1 Å². The molecule has 5 nitrogen and oxygen atoms in total. The highest BCUT2D eigenvalue weighted by Gasteiger charge is 2.11. The Morgan fingerprint density at radius 2 is 1.92 bits per heavy atom. The van der Waals surface area contributed by atoms with E-state index < -0.39 is 0 Å². The predicted molar refractivity (Wildman–Crippen MR) is 93.5 cm³/mol. The SMILES string of the molecule is Cc1ncc([C@@H](C)NCCc2coc(-c3ccc(F)cc3)n2)c(C)n1. The zero-order valence-corrected chi connectivity index (χ0v) is 14.6. The van der Waals surface area contributed by atoms with Gasteiger partial charge in [-0.1, -0.05) is 0 Å². The molecule has 0 fully saturated rings. The second-order valence-electron chi connectivity index (χ2n) is 6.03. The van der Waals surface area contributed by atoms with E-state index >= 15 is 0 Å². The van der Waals surface area contributed by atoms with Gasteiger partial charge in [0, 0.05) is 42.0 Å². The average molecular weight is 340 g/mol. The number of oxazole rings is 1. The van der Waals surface area contributed by atoms with Crippen LogP contribution in [0.3, 0.4) is 0 Å². The van der Waals surface area contributed by atoms with Crippen LogP contribution in [0.2, 0.25) is 0 Å². The smallest absolute Gasteiger partial charge is 0.226 e. The van der Waals surface area contributed by atoms with Gasteiger partial charge in [-0.3, -0.25) is 0 Å². The van der Waals surface area contributed by atoms with Crippen molar-refractivity contribution in [3.05, 3.63) is 65.3 Å². The van der Waals surface area contributed by atoms with Gasteiger partial charge in [-0.05, 0) is 45.0 Å². The topological polar surface area (TPSA) is 63.8 Å². The van der Waals surface area contributed by atoms with Crippen LogP contribution in [0.1, 0.15) is 35.7 Å². The molecule has 0 saturated carbocycles. The van der Waals surface area contributed by atoms with Crippen molar-refractivity contribution in [2.45, 2.75) is 33.2 Å². The van der Waals surface area contributed by atoms with Crippen molar-refractivity contribution in [2.75, 3.05) is 6.54 Å². The first-order valence-electron chi connectivity index (χ1n) is 8.27. The Balaban J connectivity index is 1.56. The summed E-state index contributed by atoms with van der Waals surface area (Å²) in [4.78, 5) is 13.1. The summed E-state index contributed by atoms with van der Waals surface area (Å²) in [5.74, 6) is 1.01. The number of nitrogens with one attached hydrogen (secondary N) is 1. The Hall–Kier alpha value is -2.60. The van der Waals surface area contributed by atoms with Crippen molar-refractivity contribution >= 4 is 0 Å². The third kappa shape index (κ3) is 4.28. The van der Waals surface area contributed by atoms with Gasteiger partial charge in [-0.25, -0.2) is 19.3 Å². The van der Waals surface area contributed by atoms with E-state index in [9.17, 15) is 4.39 Å². The minimum absolute atomic E-state index is 0.157. The summed E-state index contributed by atoms with van der Waals surface area (Å²) in [6, 6.07) is 6.27. The number of aryl methyl sites for hydroxylation is 2. The summed E-state index contributed by atoms with van der Waals surface area (Å²) >= 11 is 0. The molecule has 1 atom stereocenters. The maximum Gasteiger partial charge on any atom is 0.226 e. The van der Waals surface area contributed by atoms with Crippen LogP contribution in [-0.4, -0.2) is 21.5 Å². The Bertz CT molecular complexity index is 845. The molecule has 0 spiro atoms. The fourth-order valence-corrected chi connectivity index (χ4v) is 2.69. The van der Waals surface area contributed by atoms with Gasteiger partial charge in [0.05, 0.1) is 5.69 Å². The number of benzene rings is 1. The number of nitrogens with zero attached hydrogens (tertiary/aromatic N) is 3. The monoisotopic (exact) mass is 340 g/mol. The Morgan fingerprint density at radius 3 is 2.64 bits per heavy atom. The van der Waals surface area contributed by atoms with Gasteiger partial charge < -0.3 is 9.73 Å². The molecule has 1 aromatic carbocycles. The zero-order chi connectivity index (χ0) is 17.8. The van der Waals surface area contributed by atoms with Gasteiger partial charge in [0.15, 0.2) is 0 Å². The summed E-state index contributed by atoms with van der Waals surface area (Å²) < 4.78 is 18.5. The van der Waals surface area contributed by atoms with Crippen molar-refractivity contribution in [2.24, 2.45) is 0 Å². The van der Waals surface area contributed by atoms with Crippen LogP contribution in [0.4, 0.5) is 4.39 Å². The maximum atomic E-state index is 13.0. The number of halogens is 1. The van der Waals surface area contributed by atoms with Crippen molar-refractivity contribution in [3.63, 3.8) is 0 Å². The molecule has 25 heavy (non-hydrogen) atoms. The fraction of sp³-hybridized carbons (Fsp3) is 0.316. The highest BCUT2D eigenvalue weighted by atomic mass is 19.1. The molecule has 0 saturated heterocycles. The van der Waals surface area contributed by atoms with Gasteiger partial charge in [0.1, 0.15) is 17.9 Å². The van der Waals surface area contributed by atoms with Crippen molar-refractivity contribution in [1.29, 1.82) is 0 Å². The number of aromatic nitrogens is 3. The molecule has 0 aliphatic carbocycles. The van der Waals surface area contributed by atoms with E-state index in [0.29, 0.717) is 5.89 Å². The van der Waals surface area contributed by atoms with Crippen molar-refractivity contribution in [3.8, 4) is 11.5 Å². The van der Waals surface area contributed by atoms with E-state index in [2.05, 4.69) is 27.2 Å². The lowest BCUT2D eigenvalue weighted by atomic mass is 10.1. The molecule has 0 aliphatic rings. The summed E-state index contributed by atoms with van der Waals surface area (Å²) in [7, 11) is 0. The first-order chi connectivity index (χ1) is 12.0. The standard InChI is InChI=1S/C19H21FN4O/c1-12(18-10-22-14(3)23-13(18)2)21-9-8-17-11-25-19(24-17)15-4-6-16(20)7-5-15/h4-7,10-12,21H,8-9H2,1-3H3/t12-/m1/s1. The average Bonchev–Trinajstić information content (AvgIpc) is 3.04. The first-order valence-corrected chi connectivity index (χ1v) is 8.27. The molecule has 0 bridgehead atoms. The number of hydrogen-bond donors (Lipinski definition) is 1. The summed E-state index contributed by atoms with van der Waals surface area (Å²) in [5.41, 5.74) is 3.71. The molecule has 130 valence electrons. The summed E-state index contributed by atoms with van der Waals surface area (Å²) in [6.07, 6.45) is 4.25. The van der Waals surface area contributed by atoms with E-state index in [1.54, 1.807) is 18.4 Å². The maximum absolute atomic E-state index is 13.0. The van der Waals surface area contributed by atoms with Crippen LogP contribution in [0.15, 0.2) is 41.1 Å². The van der Waals surface area contributed by atoms with Crippen LogP contribution < -0.4 is 5.32 Å². The van der Waals surface area contributed by atoms with Crippen LogP contribution in [-0.2, 0) is 6.42 Å². The zero-order valence-electron chi connectivity index (χ0n) is 14.6. The molecule has 0 amide bonds. The van der Waals surface area contributed by atoms with Crippen LogP contribution >= 0.6 is 0 Å². The van der Waals surface area contributed by atoms with E-state index in [-0.39, 0.29) is 11.9 Å². The molecule has 2 aromatic heterocycles. The quantitative estimate of drug-likeness (QED) is 0.740. The molecule has 3 rings (SSSR count). The highest BCUT2D eigenvalue weighted by molar-refractivity contribution is 5.52. The number of rotatable bonds is 6.